The molecule has 0 aliphatic carbocycles. The van der Waals surface area contributed by atoms with Crippen LogP contribution in [-0.4, -0.2) is 17.9 Å². The minimum atomic E-state index is -0.216. The van der Waals surface area contributed by atoms with Gasteiger partial charge in [-0.25, -0.2) is 0 Å². The summed E-state index contributed by atoms with van der Waals surface area (Å²) in [5.41, 5.74) is 0.799. The second-order valence-corrected chi connectivity index (χ2v) is 1.98. The van der Waals surface area contributed by atoms with Crippen LogP contribution in [0.3, 0.4) is 0 Å². The van der Waals surface area contributed by atoms with Gasteiger partial charge in [-0.1, -0.05) is 0 Å². The Morgan fingerprint density at radius 1 is 1.73 bits per heavy atom. The van der Waals surface area contributed by atoms with Gasteiger partial charge in [-0.15, -0.1) is 0 Å². The minimum Gasteiger partial charge on any atom is -0.354 e. The Balaban J connectivity index is 2.91. The van der Waals surface area contributed by atoms with Crippen LogP contribution in [0.25, 0.3) is 0 Å². The zero-order valence-electron chi connectivity index (χ0n) is 6.01. The molecule has 0 radical (unpaired) electrons. The predicted octanol–water partition coefficient (Wildman–Crippen LogP) is 0.246. The molecule has 4 heteroatoms. The third-order valence-electron chi connectivity index (χ3n) is 1.28. The van der Waals surface area contributed by atoms with Gasteiger partial charge in [0.25, 0.3) is 5.91 Å². The van der Waals surface area contributed by atoms with E-state index in [-0.39, 0.29) is 5.91 Å². The fraction of sp³-hybridized carbons (Fsp3) is 0.143. The first kappa shape index (κ1) is 7.35. The number of carbonyl (C=O) groups is 1. The summed E-state index contributed by atoms with van der Waals surface area (Å²) in [6, 6.07) is 5.02. The highest BCUT2D eigenvalue weighted by Gasteiger charge is 2.04. The summed E-state index contributed by atoms with van der Waals surface area (Å²) in [5.74, 6) is -0.216. The van der Waals surface area contributed by atoms with E-state index >= 15 is 0 Å². The Morgan fingerprint density at radius 3 is 2.91 bits per heavy atom. The van der Waals surface area contributed by atoms with Crippen molar-refractivity contribution < 1.29 is 4.79 Å². The molecule has 11 heavy (non-hydrogen) atoms. The van der Waals surface area contributed by atoms with Crippen LogP contribution in [0.15, 0.2) is 12.1 Å². The van der Waals surface area contributed by atoms with Crippen LogP contribution in [0, 0.1) is 11.3 Å². The molecule has 0 fully saturated rings. The first-order valence-corrected chi connectivity index (χ1v) is 3.09. The Hall–Kier alpha value is -1.76. The zero-order chi connectivity index (χ0) is 8.27. The summed E-state index contributed by atoms with van der Waals surface area (Å²) in [7, 11) is 1.54. The molecule has 1 aromatic heterocycles. The van der Waals surface area contributed by atoms with Gasteiger partial charge in [0.05, 0.1) is 0 Å². The molecule has 1 amide bonds. The molecule has 56 valence electrons. The number of amides is 1. The molecule has 0 spiro atoms. The zero-order valence-corrected chi connectivity index (χ0v) is 6.01. The van der Waals surface area contributed by atoms with Crippen molar-refractivity contribution in [1.29, 1.82) is 5.26 Å². The van der Waals surface area contributed by atoms with Crippen molar-refractivity contribution in [3.8, 4) is 6.07 Å². The van der Waals surface area contributed by atoms with E-state index in [4.69, 9.17) is 5.26 Å². The van der Waals surface area contributed by atoms with Gasteiger partial charge in [-0.3, -0.25) is 4.79 Å². The number of nitriles is 1. The largest absolute Gasteiger partial charge is 0.354 e. The van der Waals surface area contributed by atoms with Crippen molar-refractivity contribution in [2.75, 3.05) is 7.05 Å². The number of hydrogen-bond acceptors (Lipinski definition) is 2. The van der Waals surface area contributed by atoms with Gasteiger partial charge in [0.15, 0.2) is 0 Å². The average Bonchev–Trinajstić information content (AvgIpc) is 2.50. The van der Waals surface area contributed by atoms with Crippen molar-refractivity contribution in [3.63, 3.8) is 0 Å². The van der Waals surface area contributed by atoms with E-state index in [0.29, 0.717) is 11.4 Å². The van der Waals surface area contributed by atoms with Crippen LogP contribution in [0.1, 0.15) is 16.2 Å². The second-order valence-electron chi connectivity index (χ2n) is 1.98. The molecule has 0 aromatic carbocycles. The van der Waals surface area contributed by atoms with Gasteiger partial charge in [-0.05, 0) is 12.1 Å². The van der Waals surface area contributed by atoms with E-state index in [1.807, 2.05) is 6.07 Å². The standard InChI is InChI=1S/C7H7N3O/c1-9-7(11)6-3-2-5(4-8)10-6/h2-3,10H,1H3,(H,9,11). The fourth-order valence-electron chi connectivity index (χ4n) is 0.727. The van der Waals surface area contributed by atoms with Crippen molar-refractivity contribution in [3.05, 3.63) is 23.5 Å². The van der Waals surface area contributed by atoms with Crippen molar-refractivity contribution >= 4 is 5.91 Å². The maximum Gasteiger partial charge on any atom is 0.267 e. The van der Waals surface area contributed by atoms with Crippen LogP contribution in [0.5, 0.6) is 0 Å². The number of nitrogens with one attached hydrogen (secondary N) is 2. The lowest BCUT2D eigenvalue weighted by Gasteiger charge is -1.92. The Morgan fingerprint density at radius 2 is 2.45 bits per heavy atom. The number of nitrogens with zero attached hydrogens (tertiary/aromatic N) is 1. The third-order valence-corrected chi connectivity index (χ3v) is 1.28. The number of hydrogen-bond donors (Lipinski definition) is 2. The van der Waals surface area contributed by atoms with E-state index in [1.54, 1.807) is 12.1 Å². The highest BCUT2D eigenvalue weighted by Crippen LogP contribution is 1.99. The summed E-state index contributed by atoms with van der Waals surface area (Å²) >= 11 is 0. The summed E-state index contributed by atoms with van der Waals surface area (Å²) in [5, 5.41) is 10.8. The van der Waals surface area contributed by atoms with E-state index in [2.05, 4.69) is 10.3 Å². The summed E-state index contributed by atoms with van der Waals surface area (Å²) in [6.07, 6.45) is 0. The molecule has 1 heterocycles. The molecule has 1 rings (SSSR count). The quantitative estimate of drug-likeness (QED) is 0.600. The highest BCUT2D eigenvalue weighted by molar-refractivity contribution is 5.92. The smallest absolute Gasteiger partial charge is 0.267 e. The van der Waals surface area contributed by atoms with E-state index in [1.165, 1.54) is 7.05 Å². The normalized spacial score (nSPS) is 8.73. The number of H-pyrrole nitrogens is 1. The number of aromatic amines is 1. The predicted molar refractivity (Wildman–Crippen MR) is 38.9 cm³/mol. The van der Waals surface area contributed by atoms with Crippen molar-refractivity contribution in [2.24, 2.45) is 0 Å². The molecule has 1 aromatic rings. The molecule has 0 bridgehead atoms. The molecule has 0 unspecified atom stereocenters. The van der Waals surface area contributed by atoms with Crippen LogP contribution >= 0.6 is 0 Å². The number of carbonyl (C=O) groups excluding carboxylic acids is 1. The first-order valence-electron chi connectivity index (χ1n) is 3.09. The molecule has 0 atom stereocenters. The highest BCUT2D eigenvalue weighted by atomic mass is 16.1. The lowest BCUT2D eigenvalue weighted by atomic mass is 10.4. The van der Waals surface area contributed by atoms with Crippen molar-refractivity contribution in [2.45, 2.75) is 0 Å². The Kier molecular flexibility index (Phi) is 1.93. The average molecular weight is 149 g/mol. The van der Waals surface area contributed by atoms with Crippen LogP contribution in [-0.2, 0) is 0 Å². The van der Waals surface area contributed by atoms with Gasteiger partial charge in [0.2, 0.25) is 0 Å². The molecular formula is C7H7N3O. The van der Waals surface area contributed by atoms with E-state index < -0.39 is 0 Å². The van der Waals surface area contributed by atoms with Crippen LogP contribution in [0.4, 0.5) is 0 Å². The minimum absolute atomic E-state index is 0.216. The van der Waals surface area contributed by atoms with Crippen molar-refractivity contribution in [1.82, 2.24) is 10.3 Å². The Bertz CT molecular complexity index is 308. The lowest BCUT2D eigenvalue weighted by molar-refractivity contribution is 0.0958. The Labute approximate surface area is 63.8 Å². The fourth-order valence-corrected chi connectivity index (χ4v) is 0.727. The number of aromatic nitrogens is 1. The SMILES string of the molecule is CNC(=O)c1ccc(C#N)[nH]1. The first-order chi connectivity index (χ1) is 5.27. The molecule has 4 nitrogen and oxygen atoms in total. The van der Waals surface area contributed by atoms with Crippen LogP contribution < -0.4 is 5.32 Å². The van der Waals surface area contributed by atoms with Gasteiger partial charge < -0.3 is 10.3 Å². The summed E-state index contributed by atoms with van der Waals surface area (Å²) in [6.45, 7) is 0. The second kappa shape index (κ2) is 2.88. The monoisotopic (exact) mass is 149 g/mol. The molecule has 2 N–H and O–H groups in total. The molecule has 0 saturated carbocycles. The molecule has 0 saturated heterocycles. The number of rotatable bonds is 1. The maximum absolute atomic E-state index is 10.9. The van der Waals surface area contributed by atoms with Gasteiger partial charge in [0.1, 0.15) is 17.5 Å². The summed E-state index contributed by atoms with van der Waals surface area (Å²) < 4.78 is 0. The van der Waals surface area contributed by atoms with Gasteiger partial charge >= 0.3 is 0 Å². The van der Waals surface area contributed by atoms with E-state index in [9.17, 15) is 4.79 Å². The topological polar surface area (TPSA) is 68.7 Å². The van der Waals surface area contributed by atoms with Gasteiger partial charge in [-0.2, -0.15) is 5.26 Å². The third kappa shape index (κ3) is 1.38. The molecule has 0 aliphatic rings. The molecule has 0 aliphatic heterocycles. The van der Waals surface area contributed by atoms with Gasteiger partial charge in [0, 0.05) is 7.05 Å². The molecular weight excluding hydrogens is 142 g/mol. The van der Waals surface area contributed by atoms with E-state index in [0.717, 1.165) is 0 Å². The maximum atomic E-state index is 10.9. The summed E-state index contributed by atoms with van der Waals surface area (Å²) in [4.78, 5) is 13.5. The van der Waals surface area contributed by atoms with Crippen LogP contribution in [0.2, 0.25) is 0 Å². The lowest BCUT2D eigenvalue weighted by Crippen LogP contribution is -2.17.